The van der Waals surface area contributed by atoms with Crippen LogP contribution in [-0.2, 0) is 14.8 Å². The van der Waals surface area contributed by atoms with Crippen molar-refractivity contribution in [2.24, 2.45) is 0 Å². The maximum atomic E-state index is 12.6. The van der Waals surface area contributed by atoms with Crippen LogP contribution in [0.2, 0.25) is 0 Å². The SMILES string of the molecule is COc1ccc(-c2cnc3c(Nc4ccc(C(=O)NCCOCCNS(C)(=O)=O)c(C)c4)nccn23)cc1. The zero-order valence-electron chi connectivity index (χ0n) is 21.4. The summed E-state index contributed by atoms with van der Waals surface area (Å²) < 4.78 is 36.9. The quantitative estimate of drug-likeness (QED) is 0.234. The van der Waals surface area contributed by atoms with Crippen molar-refractivity contribution in [3.05, 3.63) is 72.2 Å². The Labute approximate surface area is 221 Å². The lowest BCUT2D eigenvalue weighted by Crippen LogP contribution is -2.30. The zero-order valence-corrected chi connectivity index (χ0v) is 22.2. The summed E-state index contributed by atoms with van der Waals surface area (Å²) >= 11 is 0. The van der Waals surface area contributed by atoms with E-state index in [1.54, 1.807) is 25.6 Å². The number of nitrogens with one attached hydrogen (secondary N) is 3. The Bertz CT molecular complexity index is 1520. The van der Waals surface area contributed by atoms with Crippen LogP contribution in [0.25, 0.3) is 16.9 Å². The first-order valence-electron chi connectivity index (χ1n) is 11.9. The number of methoxy groups -OCH3 is 1. The van der Waals surface area contributed by atoms with Gasteiger partial charge in [0.25, 0.3) is 5.91 Å². The number of aryl methyl sites for hydroxylation is 1. The second-order valence-corrected chi connectivity index (χ2v) is 10.4. The van der Waals surface area contributed by atoms with Crippen molar-refractivity contribution in [1.29, 1.82) is 0 Å². The molecule has 0 aliphatic carbocycles. The van der Waals surface area contributed by atoms with Crippen LogP contribution in [0.5, 0.6) is 5.75 Å². The molecule has 4 aromatic rings. The van der Waals surface area contributed by atoms with Crippen LogP contribution in [0.4, 0.5) is 11.5 Å². The minimum Gasteiger partial charge on any atom is -0.497 e. The van der Waals surface area contributed by atoms with E-state index in [0.29, 0.717) is 23.6 Å². The van der Waals surface area contributed by atoms with E-state index in [0.717, 1.165) is 34.5 Å². The summed E-state index contributed by atoms with van der Waals surface area (Å²) in [5.74, 6) is 1.16. The van der Waals surface area contributed by atoms with Gasteiger partial charge >= 0.3 is 0 Å². The summed E-state index contributed by atoms with van der Waals surface area (Å²) in [5.41, 5.74) is 4.70. The Morgan fingerprint density at radius 2 is 1.82 bits per heavy atom. The molecule has 0 radical (unpaired) electrons. The van der Waals surface area contributed by atoms with Crippen molar-refractivity contribution in [2.75, 3.05) is 45.0 Å². The Hall–Kier alpha value is -4.00. The zero-order chi connectivity index (χ0) is 27.1. The molecule has 2 aromatic heterocycles. The van der Waals surface area contributed by atoms with E-state index < -0.39 is 10.0 Å². The number of amides is 1. The van der Waals surface area contributed by atoms with Crippen molar-refractivity contribution in [3.63, 3.8) is 0 Å². The number of carbonyl (C=O) groups excluding carboxylic acids is 1. The van der Waals surface area contributed by atoms with Crippen LogP contribution >= 0.6 is 0 Å². The molecular weight excluding hydrogens is 508 g/mol. The maximum Gasteiger partial charge on any atom is 0.251 e. The number of hydrogen-bond acceptors (Lipinski definition) is 8. The highest BCUT2D eigenvalue weighted by Crippen LogP contribution is 2.27. The fourth-order valence-corrected chi connectivity index (χ4v) is 4.30. The summed E-state index contributed by atoms with van der Waals surface area (Å²) in [7, 11) is -1.60. The number of ether oxygens (including phenoxy) is 2. The predicted octanol–water partition coefficient (Wildman–Crippen LogP) is 2.75. The van der Waals surface area contributed by atoms with E-state index in [-0.39, 0.29) is 25.7 Å². The second kappa shape index (κ2) is 12.0. The van der Waals surface area contributed by atoms with Gasteiger partial charge in [-0.25, -0.2) is 23.1 Å². The number of nitrogens with zero attached hydrogens (tertiary/aromatic N) is 3. The van der Waals surface area contributed by atoms with Crippen molar-refractivity contribution in [2.45, 2.75) is 6.92 Å². The Morgan fingerprint density at radius 1 is 1.05 bits per heavy atom. The molecule has 0 fully saturated rings. The van der Waals surface area contributed by atoms with Crippen molar-refractivity contribution >= 4 is 33.1 Å². The van der Waals surface area contributed by atoms with Gasteiger partial charge in [0.1, 0.15) is 5.75 Å². The number of sulfonamides is 1. The molecule has 0 bridgehead atoms. The first kappa shape index (κ1) is 27.0. The summed E-state index contributed by atoms with van der Waals surface area (Å²) in [6.07, 6.45) is 6.45. The summed E-state index contributed by atoms with van der Waals surface area (Å²) in [4.78, 5) is 21.6. The van der Waals surface area contributed by atoms with E-state index in [1.165, 1.54) is 0 Å². The summed E-state index contributed by atoms with van der Waals surface area (Å²) in [5, 5.41) is 6.11. The molecule has 0 aliphatic rings. The van der Waals surface area contributed by atoms with E-state index in [1.807, 2.05) is 53.9 Å². The van der Waals surface area contributed by atoms with E-state index in [2.05, 4.69) is 25.3 Å². The number of aromatic nitrogens is 3. The minimum atomic E-state index is -3.24. The molecule has 11 nitrogen and oxygen atoms in total. The van der Waals surface area contributed by atoms with Gasteiger partial charge in [-0.1, -0.05) is 0 Å². The van der Waals surface area contributed by atoms with Gasteiger partial charge in [0.05, 0.1) is 38.5 Å². The molecule has 38 heavy (non-hydrogen) atoms. The number of fused-ring (bicyclic) bond motifs is 1. The molecule has 0 spiro atoms. The van der Waals surface area contributed by atoms with Gasteiger partial charge in [0.15, 0.2) is 11.5 Å². The van der Waals surface area contributed by atoms with Gasteiger partial charge in [0, 0.05) is 42.3 Å². The van der Waals surface area contributed by atoms with Gasteiger partial charge in [-0.15, -0.1) is 0 Å². The molecule has 4 rings (SSSR count). The molecule has 2 aromatic carbocycles. The maximum absolute atomic E-state index is 12.6. The Kier molecular flexibility index (Phi) is 8.56. The third-order valence-electron chi connectivity index (χ3n) is 5.69. The van der Waals surface area contributed by atoms with E-state index >= 15 is 0 Å². The highest BCUT2D eigenvalue weighted by Gasteiger charge is 2.13. The highest BCUT2D eigenvalue weighted by atomic mass is 32.2. The number of hydrogen-bond donors (Lipinski definition) is 3. The predicted molar refractivity (Wildman–Crippen MR) is 145 cm³/mol. The fraction of sp³-hybridized carbons (Fsp3) is 0.269. The monoisotopic (exact) mass is 538 g/mol. The smallest absolute Gasteiger partial charge is 0.251 e. The molecule has 0 saturated heterocycles. The number of imidazole rings is 1. The standard InChI is InChI=1S/C26H30N6O5S/c1-18-16-20(6-9-22(18)26(33)28-11-14-37-15-12-30-38(3,34)35)31-24-25-29-17-23(32(25)13-10-27-24)19-4-7-21(36-2)8-5-19/h4-10,13,16-17,30H,11-12,14-15H2,1-3H3,(H,27,31)(H,28,33). The molecule has 3 N–H and O–H groups in total. The molecule has 2 heterocycles. The number of rotatable bonds is 12. The molecule has 200 valence electrons. The van der Waals surface area contributed by atoms with Crippen LogP contribution in [0.15, 0.2) is 61.1 Å². The average molecular weight is 539 g/mol. The molecule has 0 atom stereocenters. The highest BCUT2D eigenvalue weighted by molar-refractivity contribution is 7.88. The largest absolute Gasteiger partial charge is 0.497 e. The third kappa shape index (κ3) is 6.85. The number of carbonyl (C=O) groups is 1. The number of benzene rings is 2. The van der Waals surface area contributed by atoms with Crippen LogP contribution < -0.4 is 20.1 Å². The molecule has 1 amide bonds. The van der Waals surface area contributed by atoms with Gasteiger partial charge in [-0.3, -0.25) is 9.20 Å². The molecule has 0 unspecified atom stereocenters. The summed E-state index contributed by atoms with van der Waals surface area (Å²) in [6, 6.07) is 13.2. The van der Waals surface area contributed by atoms with Gasteiger partial charge < -0.3 is 20.1 Å². The molecule has 0 aliphatic heterocycles. The van der Waals surface area contributed by atoms with Crippen molar-refractivity contribution < 1.29 is 22.7 Å². The van der Waals surface area contributed by atoms with Crippen LogP contribution in [0, 0.1) is 6.92 Å². The summed E-state index contributed by atoms with van der Waals surface area (Å²) in [6.45, 7) is 2.85. The molecule has 0 saturated carbocycles. The van der Waals surface area contributed by atoms with E-state index in [4.69, 9.17) is 9.47 Å². The van der Waals surface area contributed by atoms with Crippen molar-refractivity contribution in [3.8, 4) is 17.0 Å². The first-order chi connectivity index (χ1) is 18.2. The normalized spacial score (nSPS) is 11.4. The van der Waals surface area contributed by atoms with Gasteiger partial charge in [-0.2, -0.15) is 0 Å². The van der Waals surface area contributed by atoms with Crippen LogP contribution in [0.1, 0.15) is 15.9 Å². The Morgan fingerprint density at radius 3 is 2.53 bits per heavy atom. The van der Waals surface area contributed by atoms with Crippen LogP contribution in [-0.4, -0.2) is 68.4 Å². The lowest BCUT2D eigenvalue weighted by molar-refractivity contribution is 0.0918. The van der Waals surface area contributed by atoms with Crippen LogP contribution in [0.3, 0.4) is 0 Å². The second-order valence-electron chi connectivity index (χ2n) is 8.53. The lowest BCUT2D eigenvalue weighted by Gasteiger charge is -2.12. The lowest BCUT2D eigenvalue weighted by atomic mass is 10.1. The Balaban J connectivity index is 1.37. The molecule has 12 heteroatoms. The minimum absolute atomic E-state index is 0.185. The molecular formula is C26H30N6O5S. The van der Waals surface area contributed by atoms with Gasteiger partial charge in [0.2, 0.25) is 10.0 Å². The van der Waals surface area contributed by atoms with Gasteiger partial charge in [-0.05, 0) is 55.0 Å². The topological polar surface area (TPSA) is 136 Å². The average Bonchev–Trinajstić information content (AvgIpc) is 3.33. The van der Waals surface area contributed by atoms with E-state index in [9.17, 15) is 13.2 Å². The van der Waals surface area contributed by atoms with Crippen molar-refractivity contribution in [1.82, 2.24) is 24.4 Å². The third-order valence-corrected chi connectivity index (χ3v) is 6.42. The fourth-order valence-electron chi connectivity index (χ4n) is 3.85. The number of anilines is 2. The first-order valence-corrected chi connectivity index (χ1v) is 13.8.